The van der Waals surface area contributed by atoms with Gasteiger partial charge in [-0.2, -0.15) is 0 Å². The number of halogens is 3. The van der Waals surface area contributed by atoms with Crippen molar-refractivity contribution >= 4 is 23.2 Å². The fraction of sp³-hybridized carbons (Fsp3) is 0.364. The van der Waals surface area contributed by atoms with Crippen LogP contribution >= 0.6 is 11.6 Å². The van der Waals surface area contributed by atoms with Gasteiger partial charge in [-0.3, -0.25) is 4.79 Å². The van der Waals surface area contributed by atoms with E-state index in [2.05, 4.69) is 5.32 Å². The van der Waals surface area contributed by atoms with Crippen LogP contribution in [0.1, 0.15) is 13.8 Å². The van der Waals surface area contributed by atoms with Crippen molar-refractivity contribution < 1.29 is 13.6 Å². The second kappa shape index (κ2) is 4.78. The van der Waals surface area contributed by atoms with Crippen LogP contribution in [0.25, 0.3) is 0 Å². The lowest BCUT2D eigenvalue weighted by molar-refractivity contribution is -0.122. The number of carbonyl (C=O) groups excluding carboxylic acids is 1. The molecular formula is C11H12ClF2NO. The molecule has 0 unspecified atom stereocenters. The summed E-state index contributed by atoms with van der Waals surface area (Å²) >= 11 is 5.62. The fourth-order valence-electron chi connectivity index (χ4n) is 0.935. The lowest BCUT2D eigenvalue weighted by Crippen LogP contribution is -2.32. The van der Waals surface area contributed by atoms with Crippen LogP contribution < -0.4 is 5.32 Å². The monoisotopic (exact) mass is 247 g/mol. The van der Waals surface area contributed by atoms with Gasteiger partial charge in [0.2, 0.25) is 5.91 Å². The molecule has 0 heterocycles. The Kier molecular flexibility index (Phi) is 3.86. The molecule has 1 rings (SSSR count). The molecule has 0 atom stereocenters. The number of nitrogens with one attached hydrogen (secondary N) is 1. The maximum absolute atomic E-state index is 12.9. The Labute approximate surface area is 97.6 Å². The van der Waals surface area contributed by atoms with E-state index in [0.717, 1.165) is 12.1 Å². The van der Waals surface area contributed by atoms with Crippen LogP contribution in [0.3, 0.4) is 0 Å². The summed E-state index contributed by atoms with van der Waals surface area (Å²) in [6.45, 7) is 3.32. The quantitative estimate of drug-likeness (QED) is 0.817. The first kappa shape index (κ1) is 12.9. The van der Waals surface area contributed by atoms with E-state index >= 15 is 0 Å². The maximum Gasteiger partial charge on any atom is 0.231 e. The number of amides is 1. The van der Waals surface area contributed by atoms with Gasteiger partial charge in [0.25, 0.3) is 0 Å². The highest BCUT2D eigenvalue weighted by Crippen LogP contribution is 2.21. The molecule has 0 bridgehead atoms. The molecule has 0 spiro atoms. The summed E-state index contributed by atoms with van der Waals surface area (Å²) in [7, 11) is 0. The van der Waals surface area contributed by atoms with Gasteiger partial charge < -0.3 is 5.32 Å². The van der Waals surface area contributed by atoms with Crippen LogP contribution in [0.15, 0.2) is 18.2 Å². The van der Waals surface area contributed by atoms with Gasteiger partial charge in [-0.25, -0.2) is 8.78 Å². The van der Waals surface area contributed by atoms with Crippen molar-refractivity contribution in [1.29, 1.82) is 0 Å². The van der Waals surface area contributed by atoms with E-state index in [0.29, 0.717) is 0 Å². The highest BCUT2D eigenvalue weighted by atomic mass is 35.5. The fourth-order valence-corrected chi connectivity index (χ4v) is 1.06. The first-order chi connectivity index (χ1) is 7.36. The molecule has 1 N–H and O–H groups in total. The molecule has 0 aliphatic carbocycles. The van der Waals surface area contributed by atoms with Crippen LogP contribution in [-0.2, 0) is 4.79 Å². The van der Waals surface area contributed by atoms with Crippen LogP contribution in [0, 0.1) is 17.0 Å². The number of alkyl halides is 1. The standard InChI is InChI=1S/C11H12ClF2NO/c1-11(2,6-12)10(16)15-7-3-4-8(13)9(14)5-7/h3-5H,6H2,1-2H3,(H,15,16). The summed E-state index contributed by atoms with van der Waals surface area (Å²) in [6, 6.07) is 3.18. The Hall–Kier alpha value is -1.16. The second-order valence-corrected chi connectivity index (χ2v) is 4.37. The molecule has 0 radical (unpaired) electrons. The zero-order valence-electron chi connectivity index (χ0n) is 8.98. The third kappa shape index (κ3) is 2.92. The molecule has 0 aliphatic rings. The predicted octanol–water partition coefficient (Wildman–Crippen LogP) is 3.17. The number of hydrogen-bond donors (Lipinski definition) is 1. The number of carbonyl (C=O) groups is 1. The third-order valence-corrected chi connectivity index (χ3v) is 2.79. The average Bonchev–Trinajstić information content (AvgIpc) is 2.23. The molecule has 1 amide bonds. The van der Waals surface area contributed by atoms with Crippen molar-refractivity contribution in [2.75, 3.05) is 11.2 Å². The summed E-state index contributed by atoms with van der Waals surface area (Å²) in [6.07, 6.45) is 0. The highest BCUT2D eigenvalue weighted by molar-refractivity contribution is 6.20. The summed E-state index contributed by atoms with van der Waals surface area (Å²) < 4.78 is 25.5. The van der Waals surface area contributed by atoms with Crippen molar-refractivity contribution in [1.82, 2.24) is 0 Å². The Balaban J connectivity index is 2.82. The molecular weight excluding hydrogens is 236 g/mol. The van der Waals surface area contributed by atoms with Gasteiger partial charge in [-0.1, -0.05) is 0 Å². The van der Waals surface area contributed by atoms with Crippen molar-refractivity contribution in [2.24, 2.45) is 5.41 Å². The number of benzene rings is 1. The predicted molar refractivity (Wildman–Crippen MR) is 59.5 cm³/mol. The zero-order chi connectivity index (χ0) is 12.3. The summed E-state index contributed by atoms with van der Waals surface area (Å²) in [4.78, 5) is 11.6. The van der Waals surface area contributed by atoms with Crippen molar-refractivity contribution in [3.05, 3.63) is 29.8 Å². The van der Waals surface area contributed by atoms with Gasteiger partial charge in [0.05, 0.1) is 5.41 Å². The van der Waals surface area contributed by atoms with Crippen molar-refractivity contribution in [2.45, 2.75) is 13.8 Å². The molecule has 1 aromatic carbocycles. The maximum atomic E-state index is 12.9. The molecule has 2 nitrogen and oxygen atoms in total. The lowest BCUT2D eigenvalue weighted by atomic mass is 9.95. The molecule has 1 aromatic rings. The first-order valence-electron chi connectivity index (χ1n) is 4.69. The van der Waals surface area contributed by atoms with Crippen molar-refractivity contribution in [3.63, 3.8) is 0 Å². The average molecular weight is 248 g/mol. The summed E-state index contributed by atoms with van der Waals surface area (Å²) in [5.41, 5.74) is -0.547. The van der Waals surface area contributed by atoms with Gasteiger partial charge in [0.1, 0.15) is 0 Å². The first-order valence-corrected chi connectivity index (χ1v) is 5.23. The molecule has 0 saturated carbocycles. The highest BCUT2D eigenvalue weighted by Gasteiger charge is 2.26. The van der Waals surface area contributed by atoms with E-state index in [9.17, 15) is 13.6 Å². The second-order valence-electron chi connectivity index (χ2n) is 4.10. The largest absolute Gasteiger partial charge is 0.325 e. The van der Waals surface area contributed by atoms with Crippen molar-refractivity contribution in [3.8, 4) is 0 Å². The topological polar surface area (TPSA) is 29.1 Å². The lowest BCUT2D eigenvalue weighted by Gasteiger charge is -2.20. The Morgan fingerprint density at radius 1 is 1.38 bits per heavy atom. The number of rotatable bonds is 3. The summed E-state index contributed by atoms with van der Waals surface area (Å²) in [5, 5.41) is 2.47. The summed E-state index contributed by atoms with van der Waals surface area (Å²) in [5.74, 6) is -2.15. The van der Waals surface area contributed by atoms with Crippen LogP contribution in [0.2, 0.25) is 0 Å². The van der Waals surface area contributed by atoms with Gasteiger partial charge >= 0.3 is 0 Å². The van der Waals surface area contributed by atoms with E-state index in [1.54, 1.807) is 13.8 Å². The molecule has 0 fully saturated rings. The van der Waals surface area contributed by atoms with Crippen LogP contribution in [0.4, 0.5) is 14.5 Å². The van der Waals surface area contributed by atoms with Gasteiger partial charge in [0, 0.05) is 17.6 Å². The third-order valence-electron chi connectivity index (χ3n) is 2.13. The van der Waals surface area contributed by atoms with E-state index < -0.39 is 17.0 Å². The molecule has 16 heavy (non-hydrogen) atoms. The number of anilines is 1. The SMILES string of the molecule is CC(C)(CCl)C(=O)Nc1ccc(F)c(F)c1. The van der Waals surface area contributed by atoms with E-state index in [-0.39, 0.29) is 17.5 Å². The van der Waals surface area contributed by atoms with Crippen LogP contribution in [0.5, 0.6) is 0 Å². The minimum absolute atomic E-state index is 0.141. The van der Waals surface area contributed by atoms with E-state index in [1.165, 1.54) is 6.07 Å². The Morgan fingerprint density at radius 2 is 2.00 bits per heavy atom. The van der Waals surface area contributed by atoms with E-state index in [4.69, 9.17) is 11.6 Å². The number of hydrogen-bond acceptors (Lipinski definition) is 1. The minimum atomic E-state index is -0.999. The van der Waals surface area contributed by atoms with Gasteiger partial charge in [0.15, 0.2) is 11.6 Å². The molecule has 0 aliphatic heterocycles. The molecule has 0 saturated heterocycles. The molecule has 5 heteroatoms. The zero-order valence-corrected chi connectivity index (χ0v) is 9.74. The van der Waals surface area contributed by atoms with Crippen LogP contribution in [-0.4, -0.2) is 11.8 Å². The van der Waals surface area contributed by atoms with E-state index in [1.807, 2.05) is 0 Å². The minimum Gasteiger partial charge on any atom is -0.325 e. The molecule has 0 aromatic heterocycles. The molecule has 88 valence electrons. The van der Waals surface area contributed by atoms with Gasteiger partial charge in [-0.15, -0.1) is 11.6 Å². The smallest absolute Gasteiger partial charge is 0.231 e. The Bertz CT molecular complexity index is 407. The van der Waals surface area contributed by atoms with Gasteiger partial charge in [-0.05, 0) is 26.0 Å². The Morgan fingerprint density at radius 3 is 2.50 bits per heavy atom. The normalized spacial score (nSPS) is 11.3.